The lowest BCUT2D eigenvalue weighted by molar-refractivity contribution is -0.151. The molecule has 3 atom stereocenters. The Bertz CT molecular complexity index is 959. The lowest BCUT2D eigenvalue weighted by atomic mass is 9.72. The molecule has 1 fully saturated rings. The summed E-state index contributed by atoms with van der Waals surface area (Å²) < 4.78 is 5.68. The second-order valence-corrected chi connectivity index (χ2v) is 8.31. The van der Waals surface area contributed by atoms with E-state index in [0.717, 1.165) is 11.1 Å². The largest absolute Gasteiger partial charge is 0.460 e. The summed E-state index contributed by atoms with van der Waals surface area (Å²) in [4.78, 5) is 25.7. The maximum absolute atomic E-state index is 13.8. The van der Waals surface area contributed by atoms with Crippen LogP contribution in [-0.4, -0.2) is 29.4 Å². The molecule has 0 unspecified atom stereocenters. The van der Waals surface area contributed by atoms with Gasteiger partial charge in [-0.2, -0.15) is 10.1 Å². The van der Waals surface area contributed by atoms with Crippen molar-refractivity contribution in [3.8, 4) is 0 Å². The molecular weight excluding hydrogens is 372 g/mol. The highest BCUT2D eigenvalue weighted by Gasteiger charge is 2.65. The molecule has 28 heavy (non-hydrogen) atoms. The van der Waals surface area contributed by atoms with E-state index in [1.807, 2.05) is 62.4 Å². The third-order valence-electron chi connectivity index (χ3n) is 5.51. The van der Waals surface area contributed by atoms with Crippen LogP contribution in [0.5, 0.6) is 0 Å². The smallest absolute Gasteiger partial charge is 0.302 e. The van der Waals surface area contributed by atoms with Gasteiger partial charge in [-0.25, -0.2) is 0 Å². The molecule has 6 heteroatoms. The number of carbonyl (C=O) groups is 2. The Balaban J connectivity index is 1.85. The first-order valence-electron chi connectivity index (χ1n) is 9.26. The number of rotatable bonds is 3. The van der Waals surface area contributed by atoms with E-state index in [1.165, 1.54) is 11.9 Å². The molecule has 0 radical (unpaired) electrons. The summed E-state index contributed by atoms with van der Waals surface area (Å²) in [5.74, 6) is 0.0367. The molecule has 1 spiro atoms. The number of nitrogens with zero attached hydrogens (tertiary/aromatic N) is 2. The van der Waals surface area contributed by atoms with Gasteiger partial charge in [-0.3, -0.25) is 9.59 Å². The lowest BCUT2D eigenvalue weighted by Gasteiger charge is -2.34. The van der Waals surface area contributed by atoms with Crippen LogP contribution in [0.25, 0.3) is 0 Å². The maximum Gasteiger partial charge on any atom is 0.302 e. The topological polar surface area (TPSA) is 59.0 Å². The van der Waals surface area contributed by atoms with Crippen LogP contribution >= 0.6 is 11.8 Å². The average Bonchev–Trinajstić information content (AvgIpc) is 3.17. The fraction of sp³-hybridized carbons (Fsp3) is 0.318. The number of amides is 1. The quantitative estimate of drug-likeness (QED) is 0.735. The third-order valence-corrected chi connectivity index (χ3v) is 6.96. The van der Waals surface area contributed by atoms with Gasteiger partial charge >= 0.3 is 5.97 Å². The lowest BCUT2D eigenvalue weighted by Crippen LogP contribution is -2.50. The van der Waals surface area contributed by atoms with Crippen LogP contribution in [0.15, 0.2) is 59.7 Å². The van der Waals surface area contributed by atoms with E-state index in [-0.39, 0.29) is 17.1 Å². The molecule has 5 nitrogen and oxygen atoms in total. The number of carbonyl (C=O) groups excluding carboxylic acids is 2. The zero-order valence-electron chi connectivity index (χ0n) is 16.1. The number of anilines is 1. The number of hydrogen-bond acceptors (Lipinski definition) is 5. The van der Waals surface area contributed by atoms with E-state index >= 15 is 0 Å². The highest BCUT2D eigenvalue weighted by atomic mass is 32.2. The number of aryl methyl sites for hydroxylation is 1. The van der Waals surface area contributed by atoms with E-state index in [1.54, 1.807) is 11.8 Å². The third kappa shape index (κ3) is 2.75. The van der Waals surface area contributed by atoms with Crippen molar-refractivity contribution in [3.05, 3.63) is 65.7 Å². The fourth-order valence-corrected chi connectivity index (χ4v) is 6.01. The van der Waals surface area contributed by atoms with Crippen molar-refractivity contribution < 1.29 is 14.3 Å². The van der Waals surface area contributed by atoms with E-state index in [4.69, 9.17) is 4.74 Å². The van der Waals surface area contributed by atoms with Crippen molar-refractivity contribution in [2.75, 3.05) is 10.8 Å². The zero-order valence-corrected chi connectivity index (χ0v) is 16.9. The Morgan fingerprint density at radius 3 is 2.50 bits per heavy atom. The highest BCUT2D eigenvalue weighted by Crippen LogP contribution is 2.58. The normalized spacial score (nSPS) is 26.6. The number of thioether (sulfide) groups is 1. The molecule has 0 aromatic heterocycles. The zero-order chi connectivity index (χ0) is 19.9. The van der Waals surface area contributed by atoms with Crippen LogP contribution in [0.2, 0.25) is 0 Å². The van der Waals surface area contributed by atoms with Gasteiger partial charge in [0.25, 0.3) is 5.91 Å². The minimum Gasteiger partial charge on any atom is -0.460 e. The van der Waals surface area contributed by atoms with Gasteiger partial charge in [0.15, 0.2) is 0 Å². The molecule has 4 rings (SSSR count). The Kier molecular flexibility index (Phi) is 4.75. The van der Waals surface area contributed by atoms with Crippen molar-refractivity contribution >= 4 is 35.0 Å². The van der Waals surface area contributed by atoms with Gasteiger partial charge in [0.1, 0.15) is 11.5 Å². The van der Waals surface area contributed by atoms with Crippen LogP contribution in [0.3, 0.4) is 0 Å². The molecule has 2 heterocycles. The molecule has 1 amide bonds. The molecule has 2 aliphatic rings. The summed E-state index contributed by atoms with van der Waals surface area (Å²) in [6.45, 7) is 5.30. The summed E-state index contributed by atoms with van der Waals surface area (Å²) in [7, 11) is 0. The van der Waals surface area contributed by atoms with E-state index in [2.05, 4.69) is 11.2 Å². The molecule has 144 valence electrons. The van der Waals surface area contributed by atoms with Gasteiger partial charge in [-0.15, -0.1) is 11.8 Å². The van der Waals surface area contributed by atoms with Crippen LogP contribution in [-0.2, 0) is 14.3 Å². The van der Waals surface area contributed by atoms with Crippen molar-refractivity contribution in [3.63, 3.8) is 0 Å². The molecule has 2 aromatic carbocycles. The van der Waals surface area contributed by atoms with Crippen LogP contribution in [0.1, 0.15) is 30.2 Å². The molecule has 1 saturated heterocycles. The van der Waals surface area contributed by atoms with Crippen molar-refractivity contribution in [1.82, 2.24) is 0 Å². The Labute approximate surface area is 168 Å². The second kappa shape index (κ2) is 7.09. The number of ether oxygens (including phenoxy) is 1. The second-order valence-electron chi connectivity index (χ2n) is 7.17. The average molecular weight is 394 g/mol. The first-order chi connectivity index (χ1) is 13.5. The standard InChI is InChI=1S/C22H22N2O3S/c1-14-9-7-8-12-18(14)20-22(19(13-28-20)27-16(3)25)15(2)23-24(21(22)26)17-10-5-4-6-11-17/h4-12,19-20H,13H2,1-3H3/t19-,20-,22+/m0/s1. The highest BCUT2D eigenvalue weighted by molar-refractivity contribution is 8.00. The van der Waals surface area contributed by atoms with Crippen LogP contribution in [0.4, 0.5) is 5.69 Å². The SMILES string of the molecule is CC(=O)O[C@H]1CS[C@@H](c2ccccc2C)[C@]12C(=O)N(c1ccccc1)N=C2C. The van der Waals surface area contributed by atoms with Crippen LogP contribution in [0, 0.1) is 12.3 Å². The van der Waals surface area contributed by atoms with Gasteiger partial charge in [0.2, 0.25) is 0 Å². The molecule has 0 aliphatic carbocycles. The number of hydrazone groups is 1. The molecule has 2 aromatic rings. The summed E-state index contributed by atoms with van der Waals surface area (Å²) >= 11 is 1.66. The predicted molar refractivity (Wildman–Crippen MR) is 111 cm³/mol. The molecule has 0 bridgehead atoms. The van der Waals surface area contributed by atoms with Crippen LogP contribution < -0.4 is 5.01 Å². The van der Waals surface area contributed by atoms with E-state index in [0.29, 0.717) is 17.2 Å². The Morgan fingerprint density at radius 1 is 1.14 bits per heavy atom. The van der Waals surface area contributed by atoms with E-state index < -0.39 is 11.5 Å². The summed E-state index contributed by atoms with van der Waals surface area (Å²) in [6, 6.07) is 17.5. The molecular formula is C22H22N2O3S. The van der Waals surface area contributed by atoms with Crippen molar-refractivity contribution in [2.24, 2.45) is 10.5 Å². The molecule has 0 N–H and O–H groups in total. The summed E-state index contributed by atoms with van der Waals surface area (Å²) in [5.41, 5.74) is 2.59. The first-order valence-corrected chi connectivity index (χ1v) is 10.3. The van der Waals surface area contributed by atoms with Gasteiger partial charge in [0.05, 0.1) is 16.6 Å². The minimum atomic E-state index is -1.00. The van der Waals surface area contributed by atoms with Gasteiger partial charge < -0.3 is 4.74 Å². The monoisotopic (exact) mass is 394 g/mol. The minimum absolute atomic E-state index is 0.138. The van der Waals surface area contributed by atoms with Crippen molar-refractivity contribution in [2.45, 2.75) is 32.1 Å². The summed E-state index contributed by atoms with van der Waals surface area (Å²) in [5, 5.41) is 5.93. The number of benzene rings is 2. The van der Waals surface area contributed by atoms with Crippen molar-refractivity contribution in [1.29, 1.82) is 0 Å². The maximum atomic E-state index is 13.8. The number of para-hydroxylation sites is 1. The fourth-order valence-electron chi connectivity index (χ4n) is 4.18. The number of esters is 1. The van der Waals surface area contributed by atoms with Gasteiger partial charge in [-0.05, 0) is 37.1 Å². The Morgan fingerprint density at radius 2 is 1.82 bits per heavy atom. The first kappa shape index (κ1) is 18.7. The van der Waals surface area contributed by atoms with Gasteiger partial charge in [0, 0.05) is 12.7 Å². The molecule has 0 saturated carbocycles. The van der Waals surface area contributed by atoms with Gasteiger partial charge in [-0.1, -0.05) is 42.5 Å². The summed E-state index contributed by atoms with van der Waals surface area (Å²) in [6.07, 6.45) is -0.551. The molecule has 2 aliphatic heterocycles. The predicted octanol–water partition coefficient (Wildman–Crippen LogP) is 4.12. The Hall–Kier alpha value is -2.60. The number of hydrogen-bond donors (Lipinski definition) is 0. The van der Waals surface area contributed by atoms with E-state index in [9.17, 15) is 9.59 Å².